The fourth-order valence-corrected chi connectivity index (χ4v) is 3.30. The second-order valence-corrected chi connectivity index (χ2v) is 6.99. The topological polar surface area (TPSA) is 120 Å². The van der Waals surface area contributed by atoms with E-state index in [1.165, 1.54) is 13.3 Å². The summed E-state index contributed by atoms with van der Waals surface area (Å²) >= 11 is 3.34. The summed E-state index contributed by atoms with van der Waals surface area (Å²) in [6.45, 7) is 1.63. The number of fused-ring (bicyclic) bond motifs is 1. The van der Waals surface area contributed by atoms with Crippen molar-refractivity contribution in [3.05, 3.63) is 52.2 Å². The second kappa shape index (κ2) is 9.98. The average molecular weight is 491 g/mol. The van der Waals surface area contributed by atoms with Gasteiger partial charge in [-0.25, -0.2) is 10.2 Å². The first kappa shape index (κ1) is 22.2. The number of hydrogen-bond acceptors (Lipinski definition) is 7. The Morgan fingerprint density at radius 1 is 1.23 bits per heavy atom. The number of carbonyl (C=O) groups excluding carboxylic acids is 1. The number of carboxylic acids is 1. The zero-order valence-electron chi connectivity index (χ0n) is 16.7. The molecule has 1 amide bonds. The summed E-state index contributed by atoms with van der Waals surface area (Å²) in [7, 11) is 1.52. The van der Waals surface area contributed by atoms with Crippen molar-refractivity contribution in [1.29, 1.82) is 0 Å². The number of ether oxygens (including phenoxy) is 3. The van der Waals surface area contributed by atoms with Crippen LogP contribution in [-0.4, -0.2) is 43.5 Å². The molecule has 0 aliphatic rings. The molecule has 0 unspecified atom stereocenters. The molecule has 0 aliphatic carbocycles. The predicted octanol–water partition coefficient (Wildman–Crippen LogP) is 3.83. The van der Waals surface area contributed by atoms with Gasteiger partial charge < -0.3 is 23.7 Å². The lowest BCUT2D eigenvalue weighted by Gasteiger charge is -2.13. The summed E-state index contributed by atoms with van der Waals surface area (Å²) in [6, 6.07) is 10.2. The largest absolute Gasteiger partial charge is 0.493 e. The summed E-state index contributed by atoms with van der Waals surface area (Å²) in [6.07, 6.45) is 1.41. The van der Waals surface area contributed by atoms with Crippen LogP contribution in [0.15, 0.2) is 50.4 Å². The molecule has 3 aromatic rings. The maximum absolute atomic E-state index is 12.4. The first-order valence-corrected chi connectivity index (χ1v) is 9.93. The third-order valence-electron chi connectivity index (χ3n) is 4.00. The lowest BCUT2D eigenvalue weighted by molar-refractivity contribution is -0.139. The number of nitrogens with zero attached hydrogens (tertiary/aromatic N) is 1. The van der Waals surface area contributed by atoms with Crippen LogP contribution in [0.25, 0.3) is 11.0 Å². The van der Waals surface area contributed by atoms with E-state index in [0.717, 1.165) is 5.39 Å². The number of rotatable bonds is 9. The van der Waals surface area contributed by atoms with E-state index in [4.69, 9.17) is 23.7 Å². The van der Waals surface area contributed by atoms with Crippen molar-refractivity contribution in [2.45, 2.75) is 6.92 Å². The van der Waals surface area contributed by atoms with Gasteiger partial charge >= 0.3 is 11.9 Å². The molecule has 9 nitrogen and oxygen atoms in total. The second-order valence-electron chi connectivity index (χ2n) is 6.13. The average Bonchev–Trinajstić information content (AvgIpc) is 3.17. The highest BCUT2D eigenvalue weighted by atomic mass is 79.9. The van der Waals surface area contributed by atoms with Crippen LogP contribution in [0.4, 0.5) is 0 Å². The highest BCUT2D eigenvalue weighted by molar-refractivity contribution is 9.10. The van der Waals surface area contributed by atoms with Crippen LogP contribution in [0.3, 0.4) is 0 Å². The van der Waals surface area contributed by atoms with Crippen molar-refractivity contribution < 1.29 is 33.3 Å². The Labute approximate surface area is 185 Å². The highest BCUT2D eigenvalue weighted by Crippen LogP contribution is 2.36. The minimum Gasteiger partial charge on any atom is -0.493 e. The quantitative estimate of drug-likeness (QED) is 0.345. The van der Waals surface area contributed by atoms with Gasteiger partial charge in [-0.2, -0.15) is 5.10 Å². The van der Waals surface area contributed by atoms with Crippen molar-refractivity contribution in [1.82, 2.24) is 5.43 Å². The molecule has 1 aromatic heterocycles. The first-order chi connectivity index (χ1) is 14.9. The number of carboxylic acid groups (broad SMARTS) is 1. The van der Waals surface area contributed by atoms with Crippen molar-refractivity contribution in [3.8, 4) is 17.2 Å². The Kier molecular flexibility index (Phi) is 7.14. The lowest BCUT2D eigenvalue weighted by atomic mass is 10.2. The van der Waals surface area contributed by atoms with Crippen LogP contribution >= 0.6 is 15.9 Å². The van der Waals surface area contributed by atoms with E-state index in [-0.39, 0.29) is 11.5 Å². The molecule has 0 spiro atoms. The van der Waals surface area contributed by atoms with Crippen molar-refractivity contribution in [2.24, 2.45) is 5.10 Å². The number of furan rings is 1. The number of carbonyl (C=O) groups is 2. The molecule has 10 heteroatoms. The van der Waals surface area contributed by atoms with Gasteiger partial charge in [0, 0.05) is 5.39 Å². The summed E-state index contributed by atoms with van der Waals surface area (Å²) in [5.41, 5.74) is 3.46. The number of aliphatic carboxylic acids is 1. The van der Waals surface area contributed by atoms with Crippen molar-refractivity contribution >= 4 is 45.0 Å². The van der Waals surface area contributed by atoms with Crippen LogP contribution < -0.4 is 19.6 Å². The number of hydrazone groups is 1. The van der Waals surface area contributed by atoms with E-state index in [2.05, 4.69) is 26.5 Å². The summed E-state index contributed by atoms with van der Waals surface area (Å²) < 4.78 is 22.1. The van der Waals surface area contributed by atoms with E-state index in [9.17, 15) is 9.59 Å². The van der Waals surface area contributed by atoms with E-state index in [0.29, 0.717) is 33.7 Å². The number of hydrogen-bond donors (Lipinski definition) is 2. The van der Waals surface area contributed by atoms with E-state index in [1.54, 1.807) is 37.3 Å². The highest BCUT2D eigenvalue weighted by Gasteiger charge is 2.15. The van der Waals surface area contributed by atoms with E-state index < -0.39 is 18.5 Å². The number of amides is 1. The summed E-state index contributed by atoms with van der Waals surface area (Å²) in [5, 5.41) is 13.5. The SMILES string of the molecule is CCOc1cc(/C=N\NC(=O)c2cc3cccc(OC)c3o2)cc(Br)c1OCC(=O)O. The first-order valence-electron chi connectivity index (χ1n) is 9.13. The molecule has 3 rings (SSSR count). The molecule has 2 N–H and O–H groups in total. The molecule has 0 bridgehead atoms. The number of para-hydroxylation sites is 1. The third kappa shape index (κ3) is 5.34. The summed E-state index contributed by atoms with van der Waals surface area (Å²) in [4.78, 5) is 23.2. The fourth-order valence-electron chi connectivity index (χ4n) is 2.73. The van der Waals surface area contributed by atoms with Crippen LogP contribution in [-0.2, 0) is 4.79 Å². The maximum Gasteiger partial charge on any atom is 0.341 e. The third-order valence-corrected chi connectivity index (χ3v) is 4.59. The molecule has 1 heterocycles. The molecule has 0 fully saturated rings. The minimum atomic E-state index is -1.11. The van der Waals surface area contributed by atoms with E-state index in [1.807, 2.05) is 6.07 Å². The smallest absolute Gasteiger partial charge is 0.341 e. The van der Waals surface area contributed by atoms with Crippen LogP contribution in [0, 0.1) is 0 Å². The Bertz CT molecular complexity index is 1140. The van der Waals surface area contributed by atoms with Crippen LogP contribution in [0.1, 0.15) is 23.0 Å². The van der Waals surface area contributed by atoms with Gasteiger partial charge in [0.1, 0.15) is 0 Å². The minimum absolute atomic E-state index is 0.0882. The maximum atomic E-state index is 12.4. The predicted molar refractivity (Wildman–Crippen MR) is 116 cm³/mol. The number of methoxy groups -OCH3 is 1. The molecule has 0 radical (unpaired) electrons. The van der Waals surface area contributed by atoms with Gasteiger partial charge in [-0.1, -0.05) is 12.1 Å². The molecule has 31 heavy (non-hydrogen) atoms. The Hall–Kier alpha value is -3.53. The summed E-state index contributed by atoms with van der Waals surface area (Å²) in [5.74, 6) is -0.410. The number of halogens is 1. The standard InChI is InChI=1S/C21H19BrN2O7/c1-3-29-16-8-12(7-14(22)20(16)30-11-18(25)26)10-23-24-21(27)17-9-13-5-4-6-15(28-2)19(13)31-17/h4-10H,3,11H2,1-2H3,(H,24,27)(H,25,26)/b23-10-. The zero-order valence-corrected chi connectivity index (χ0v) is 18.3. The monoisotopic (exact) mass is 490 g/mol. The molecule has 2 aromatic carbocycles. The van der Waals surface area contributed by atoms with Gasteiger partial charge in [0.2, 0.25) is 0 Å². The lowest BCUT2D eigenvalue weighted by Crippen LogP contribution is -2.16. The molecule has 162 valence electrons. The van der Waals surface area contributed by atoms with Crippen LogP contribution in [0.2, 0.25) is 0 Å². The van der Waals surface area contributed by atoms with Gasteiger partial charge in [0.05, 0.1) is 24.4 Å². The van der Waals surface area contributed by atoms with Gasteiger partial charge in [-0.15, -0.1) is 0 Å². The molecule has 0 saturated carbocycles. The van der Waals surface area contributed by atoms with Gasteiger partial charge in [0.25, 0.3) is 0 Å². The van der Waals surface area contributed by atoms with E-state index >= 15 is 0 Å². The van der Waals surface area contributed by atoms with Crippen LogP contribution in [0.5, 0.6) is 17.2 Å². The Morgan fingerprint density at radius 3 is 2.74 bits per heavy atom. The van der Waals surface area contributed by atoms with Gasteiger partial charge in [-0.3, -0.25) is 4.79 Å². The molecule has 0 atom stereocenters. The van der Waals surface area contributed by atoms with Gasteiger partial charge in [0.15, 0.2) is 35.2 Å². The number of nitrogens with one attached hydrogen (secondary N) is 1. The normalized spacial score (nSPS) is 10.9. The van der Waals surface area contributed by atoms with Crippen molar-refractivity contribution in [3.63, 3.8) is 0 Å². The molecular formula is C21H19BrN2O7. The Morgan fingerprint density at radius 2 is 2.03 bits per heavy atom. The van der Waals surface area contributed by atoms with Gasteiger partial charge in [-0.05, 0) is 52.7 Å². The molecule has 0 aliphatic heterocycles. The molecule has 0 saturated heterocycles. The number of benzene rings is 2. The molecular weight excluding hydrogens is 472 g/mol. The van der Waals surface area contributed by atoms with Crippen molar-refractivity contribution in [2.75, 3.05) is 20.3 Å². The Balaban J connectivity index is 1.75. The fraction of sp³-hybridized carbons (Fsp3) is 0.190. The zero-order chi connectivity index (χ0) is 22.4.